The van der Waals surface area contributed by atoms with Crippen LogP contribution < -0.4 is 10.9 Å². The number of hydrogen-bond acceptors (Lipinski definition) is 5. The van der Waals surface area contributed by atoms with Crippen LogP contribution in [0.2, 0.25) is 0 Å². The average molecular weight is 493 g/mol. The zero-order chi connectivity index (χ0) is 23.8. The third kappa shape index (κ3) is 4.17. The van der Waals surface area contributed by atoms with Crippen LogP contribution in [0.3, 0.4) is 0 Å². The Bertz CT molecular complexity index is 1510. The van der Waals surface area contributed by atoms with E-state index < -0.39 is 0 Å². The van der Waals surface area contributed by atoms with Gasteiger partial charge in [0.1, 0.15) is 10.5 Å². The normalized spacial score (nSPS) is 14.0. The van der Waals surface area contributed by atoms with E-state index in [1.807, 2.05) is 30.3 Å². The number of H-pyrrole nitrogens is 1. The summed E-state index contributed by atoms with van der Waals surface area (Å²) in [6, 6.07) is 14.9. The molecule has 7 nitrogen and oxygen atoms in total. The summed E-state index contributed by atoms with van der Waals surface area (Å²) in [5, 5.41) is 3.47. The van der Waals surface area contributed by atoms with Crippen LogP contribution in [0.1, 0.15) is 51.3 Å². The quantitative estimate of drug-likeness (QED) is 0.401. The van der Waals surface area contributed by atoms with Crippen molar-refractivity contribution in [3.8, 4) is 0 Å². The van der Waals surface area contributed by atoms with Crippen LogP contribution in [0.25, 0.3) is 16.6 Å². The average Bonchev–Trinajstić information content (AvgIpc) is 3.46. The van der Waals surface area contributed by atoms with E-state index in [1.165, 1.54) is 11.3 Å². The van der Waals surface area contributed by atoms with Crippen molar-refractivity contribution in [2.45, 2.75) is 38.3 Å². The van der Waals surface area contributed by atoms with Gasteiger partial charge in [-0.1, -0.05) is 54.5 Å². The highest BCUT2D eigenvalue weighted by atomic mass is 32.1. The SMILES string of the molecule is CN(Cc1ccccc1)C(=O)c1ccc2c(=O)[nH]c3c(C(=O)NC4CCCC4)sc(=S)n3c2c1. The van der Waals surface area contributed by atoms with E-state index in [0.717, 1.165) is 31.2 Å². The number of carbonyl (C=O) groups is 2. The van der Waals surface area contributed by atoms with Gasteiger partial charge in [0.2, 0.25) is 0 Å². The molecule has 1 aliphatic carbocycles. The predicted octanol–water partition coefficient (Wildman–Crippen LogP) is 4.52. The molecule has 2 heterocycles. The van der Waals surface area contributed by atoms with Gasteiger partial charge in [0.15, 0.2) is 3.95 Å². The zero-order valence-corrected chi connectivity index (χ0v) is 20.3. The number of nitrogens with zero attached hydrogens (tertiary/aromatic N) is 2. The number of carbonyl (C=O) groups excluding carboxylic acids is 2. The predicted molar refractivity (Wildman–Crippen MR) is 136 cm³/mol. The maximum Gasteiger partial charge on any atom is 0.265 e. The molecule has 1 fully saturated rings. The number of hydrogen-bond donors (Lipinski definition) is 2. The third-order valence-corrected chi connectivity index (χ3v) is 7.65. The molecule has 0 atom stereocenters. The summed E-state index contributed by atoms with van der Waals surface area (Å²) in [7, 11) is 1.74. The summed E-state index contributed by atoms with van der Waals surface area (Å²) in [5.74, 6) is -0.393. The lowest BCUT2D eigenvalue weighted by atomic mass is 10.1. The van der Waals surface area contributed by atoms with E-state index in [0.29, 0.717) is 37.5 Å². The number of aromatic nitrogens is 2. The Balaban J connectivity index is 1.54. The Morgan fingerprint density at radius 2 is 1.91 bits per heavy atom. The minimum absolute atomic E-state index is 0.153. The van der Waals surface area contributed by atoms with Crippen molar-refractivity contribution in [3.63, 3.8) is 0 Å². The van der Waals surface area contributed by atoms with Gasteiger partial charge < -0.3 is 15.2 Å². The van der Waals surface area contributed by atoms with E-state index in [9.17, 15) is 14.4 Å². The summed E-state index contributed by atoms with van der Waals surface area (Å²) in [6.45, 7) is 0.464. The van der Waals surface area contributed by atoms with Crippen molar-refractivity contribution in [2.24, 2.45) is 0 Å². The molecule has 0 radical (unpaired) electrons. The minimum atomic E-state index is -0.325. The van der Waals surface area contributed by atoms with E-state index in [-0.39, 0.29) is 23.4 Å². The number of rotatable bonds is 5. The smallest absolute Gasteiger partial charge is 0.265 e. The van der Waals surface area contributed by atoms with Crippen LogP contribution in [-0.2, 0) is 6.54 Å². The Morgan fingerprint density at radius 1 is 1.18 bits per heavy atom. The second-order valence-corrected chi connectivity index (χ2v) is 10.3. The van der Waals surface area contributed by atoms with Crippen LogP contribution in [0, 0.1) is 3.95 Å². The molecule has 174 valence electrons. The van der Waals surface area contributed by atoms with Gasteiger partial charge in [-0.05, 0) is 48.8 Å². The van der Waals surface area contributed by atoms with Crippen LogP contribution in [-0.4, -0.2) is 39.2 Å². The number of fused-ring (bicyclic) bond motifs is 3. The number of nitrogens with one attached hydrogen (secondary N) is 2. The molecule has 1 aliphatic rings. The Hall–Kier alpha value is -3.30. The fourth-order valence-electron chi connectivity index (χ4n) is 4.55. The highest BCUT2D eigenvalue weighted by Gasteiger charge is 2.23. The fraction of sp³-hybridized carbons (Fsp3) is 0.280. The number of amides is 2. The van der Waals surface area contributed by atoms with Gasteiger partial charge in [-0.15, -0.1) is 0 Å². The first kappa shape index (κ1) is 22.5. The Kier molecular flexibility index (Phi) is 6.05. The molecule has 2 N–H and O–H groups in total. The first-order chi connectivity index (χ1) is 16.4. The molecule has 2 aromatic heterocycles. The van der Waals surface area contributed by atoms with Crippen LogP contribution in [0.15, 0.2) is 53.3 Å². The standard InChI is InChI=1S/C25H24N4O3S2/c1-28(14-15-7-3-2-4-8-15)24(32)16-11-12-18-19(13-16)29-21(27-22(18)30)20(34-25(29)33)23(31)26-17-9-5-6-10-17/h2-4,7-8,11-13,17H,5-6,9-10,14H2,1H3,(H,26,31)(H,27,30). The summed E-state index contributed by atoms with van der Waals surface area (Å²) in [5.41, 5.74) is 2.03. The zero-order valence-electron chi connectivity index (χ0n) is 18.7. The Morgan fingerprint density at radius 3 is 2.65 bits per heavy atom. The second kappa shape index (κ2) is 9.15. The van der Waals surface area contributed by atoms with Crippen LogP contribution >= 0.6 is 23.6 Å². The van der Waals surface area contributed by atoms with Crippen LogP contribution in [0.5, 0.6) is 0 Å². The molecule has 2 aromatic carbocycles. The van der Waals surface area contributed by atoms with Crippen molar-refractivity contribution >= 4 is 51.9 Å². The van der Waals surface area contributed by atoms with Gasteiger partial charge in [0, 0.05) is 25.2 Å². The highest BCUT2D eigenvalue weighted by molar-refractivity contribution is 7.73. The molecule has 2 amide bonds. The molecule has 0 unspecified atom stereocenters. The fourth-order valence-corrected chi connectivity index (χ4v) is 5.83. The van der Waals surface area contributed by atoms with Gasteiger partial charge >= 0.3 is 0 Å². The molecule has 5 rings (SSSR count). The molecule has 0 bridgehead atoms. The lowest BCUT2D eigenvalue weighted by Gasteiger charge is -2.17. The summed E-state index contributed by atoms with van der Waals surface area (Å²) < 4.78 is 2.13. The maximum atomic E-state index is 13.1. The molecular weight excluding hydrogens is 468 g/mol. The lowest BCUT2D eigenvalue weighted by molar-refractivity contribution is 0.0785. The largest absolute Gasteiger partial charge is 0.348 e. The Labute approximate surface area is 205 Å². The van der Waals surface area contributed by atoms with Crippen molar-refractivity contribution < 1.29 is 9.59 Å². The lowest BCUT2D eigenvalue weighted by Crippen LogP contribution is -2.32. The van der Waals surface area contributed by atoms with E-state index >= 15 is 0 Å². The summed E-state index contributed by atoms with van der Waals surface area (Å²) >= 11 is 6.74. The van der Waals surface area contributed by atoms with Gasteiger partial charge in [-0.25, -0.2) is 0 Å². The number of thiazole rings is 1. The van der Waals surface area contributed by atoms with Crippen molar-refractivity contribution in [2.75, 3.05) is 7.05 Å². The molecule has 34 heavy (non-hydrogen) atoms. The summed E-state index contributed by atoms with van der Waals surface area (Å²) in [4.78, 5) is 43.8. The molecule has 0 spiro atoms. The highest BCUT2D eigenvalue weighted by Crippen LogP contribution is 2.25. The van der Waals surface area contributed by atoms with Crippen LogP contribution in [0.4, 0.5) is 0 Å². The van der Waals surface area contributed by atoms with Crippen molar-refractivity contribution in [3.05, 3.63) is 78.8 Å². The van der Waals surface area contributed by atoms with Gasteiger partial charge in [-0.2, -0.15) is 0 Å². The first-order valence-corrected chi connectivity index (χ1v) is 12.5. The maximum absolute atomic E-state index is 13.1. The summed E-state index contributed by atoms with van der Waals surface area (Å²) in [6.07, 6.45) is 4.14. The molecule has 4 aromatic rings. The van der Waals surface area contributed by atoms with E-state index in [4.69, 9.17) is 12.2 Å². The number of aromatic amines is 1. The van der Waals surface area contributed by atoms with Crippen molar-refractivity contribution in [1.82, 2.24) is 19.6 Å². The molecule has 1 saturated carbocycles. The van der Waals surface area contributed by atoms with E-state index in [1.54, 1.807) is 34.5 Å². The second-order valence-electron chi connectivity index (χ2n) is 8.67. The first-order valence-electron chi connectivity index (χ1n) is 11.2. The topological polar surface area (TPSA) is 86.7 Å². The van der Waals surface area contributed by atoms with Crippen molar-refractivity contribution in [1.29, 1.82) is 0 Å². The molecule has 9 heteroatoms. The van der Waals surface area contributed by atoms with Gasteiger partial charge in [0.25, 0.3) is 17.4 Å². The molecule has 0 aliphatic heterocycles. The molecular formula is C25H24N4O3S2. The monoisotopic (exact) mass is 492 g/mol. The van der Waals surface area contributed by atoms with Gasteiger partial charge in [0.05, 0.1) is 10.9 Å². The third-order valence-electron chi connectivity index (χ3n) is 6.28. The van der Waals surface area contributed by atoms with E-state index in [2.05, 4.69) is 10.3 Å². The minimum Gasteiger partial charge on any atom is -0.348 e. The van der Waals surface area contributed by atoms with Gasteiger partial charge in [-0.3, -0.25) is 18.8 Å². The molecule has 0 saturated heterocycles. The number of benzene rings is 2.